The molecule has 3 nitrogen and oxygen atoms in total. The van der Waals surface area contributed by atoms with Gasteiger partial charge in [0.05, 0.1) is 0 Å². The van der Waals surface area contributed by atoms with Gasteiger partial charge in [0.1, 0.15) is 5.54 Å². The van der Waals surface area contributed by atoms with E-state index in [2.05, 4.69) is 6.92 Å². The second-order valence-electron chi connectivity index (χ2n) is 4.56. The summed E-state index contributed by atoms with van der Waals surface area (Å²) in [5.41, 5.74) is 4.76. The number of carboxylic acid groups (broad SMARTS) is 1. The van der Waals surface area contributed by atoms with Gasteiger partial charge in [0, 0.05) is 0 Å². The van der Waals surface area contributed by atoms with E-state index in [0.717, 1.165) is 19.3 Å². The molecular weight excluding hydrogens is 166 g/mol. The molecule has 0 aromatic heterocycles. The van der Waals surface area contributed by atoms with Gasteiger partial charge in [0.15, 0.2) is 0 Å². The molecule has 2 unspecified atom stereocenters. The summed E-state index contributed by atoms with van der Waals surface area (Å²) in [6, 6.07) is 0. The van der Waals surface area contributed by atoms with Gasteiger partial charge in [-0.25, -0.2) is 0 Å². The molecule has 13 heavy (non-hydrogen) atoms. The predicted octanol–water partition coefficient (Wildman–Crippen LogP) is 1.61. The Kier molecular flexibility index (Phi) is 2.96. The number of carboxylic acids is 1. The molecule has 0 bridgehead atoms. The second kappa shape index (κ2) is 3.66. The zero-order chi connectivity index (χ0) is 10.1. The number of carbonyl (C=O) groups is 1. The molecular formula is C10H19NO2. The molecule has 3 atom stereocenters. The molecule has 1 aliphatic rings. The van der Waals surface area contributed by atoms with Crippen LogP contribution in [-0.2, 0) is 4.79 Å². The second-order valence-corrected chi connectivity index (χ2v) is 4.56. The monoisotopic (exact) mass is 185 g/mol. The third-order valence-corrected chi connectivity index (χ3v) is 3.25. The molecule has 3 N–H and O–H groups in total. The summed E-state index contributed by atoms with van der Waals surface area (Å²) in [5.74, 6) is -0.0960. The first-order valence-electron chi connectivity index (χ1n) is 4.97. The van der Waals surface area contributed by atoms with Crippen molar-refractivity contribution < 1.29 is 9.90 Å². The third kappa shape index (κ3) is 2.21. The minimum absolute atomic E-state index is 0.147. The average molecular weight is 185 g/mol. The van der Waals surface area contributed by atoms with E-state index in [1.807, 2.05) is 0 Å². The summed E-state index contributed by atoms with van der Waals surface area (Å²) in [6.07, 6.45) is 4.25. The smallest absolute Gasteiger partial charge is 0.323 e. The Morgan fingerprint density at radius 3 is 2.62 bits per heavy atom. The van der Waals surface area contributed by atoms with E-state index in [1.165, 1.54) is 6.42 Å². The maximum Gasteiger partial charge on any atom is 0.323 e. The Morgan fingerprint density at radius 1 is 1.54 bits per heavy atom. The van der Waals surface area contributed by atoms with Gasteiger partial charge in [0.2, 0.25) is 0 Å². The predicted molar refractivity (Wildman–Crippen MR) is 51.4 cm³/mol. The Morgan fingerprint density at radius 2 is 2.15 bits per heavy atom. The molecule has 0 heterocycles. The van der Waals surface area contributed by atoms with E-state index < -0.39 is 11.5 Å². The number of hydrogen-bond acceptors (Lipinski definition) is 2. The Balaban J connectivity index is 2.64. The van der Waals surface area contributed by atoms with E-state index in [1.54, 1.807) is 6.92 Å². The Bertz CT molecular complexity index is 201. The van der Waals surface area contributed by atoms with E-state index in [0.29, 0.717) is 5.92 Å². The summed E-state index contributed by atoms with van der Waals surface area (Å²) in [7, 11) is 0. The van der Waals surface area contributed by atoms with Crippen LogP contribution in [0, 0.1) is 11.8 Å². The first kappa shape index (κ1) is 10.5. The molecule has 0 aromatic carbocycles. The lowest BCUT2D eigenvalue weighted by molar-refractivity contribution is -0.145. The Hall–Kier alpha value is -0.570. The van der Waals surface area contributed by atoms with Crippen molar-refractivity contribution in [3.63, 3.8) is 0 Å². The van der Waals surface area contributed by atoms with Crippen LogP contribution in [0.5, 0.6) is 0 Å². The summed E-state index contributed by atoms with van der Waals surface area (Å²) < 4.78 is 0. The molecule has 1 aliphatic carbocycles. The van der Waals surface area contributed by atoms with Crippen LogP contribution >= 0.6 is 0 Å². The number of rotatable bonds is 2. The van der Waals surface area contributed by atoms with Gasteiger partial charge in [-0.15, -0.1) is 0 Å². The van der Waals surface area contributed by atoms with Gasteiger partial charge in [-0.2, -0.15) is 0 Å². The van der Waals surface area contributed by atoms with Crippen molar-refractivity contribution in [2.24, 2.45) is 17.6 Å². The highest BCUT2D eigenvalue weighted by molar-refractivity contribution is 5.78. The maximum absolute atomic E-state index is 10.9. The highest BCUT2D eigenvalue weighted by Gasteiger charge is 2.39. The largest absolute Gasteiger partial charge is 0.480 e. The molecule has 3 heteroatoms. The lowest BCUT2D eigenvalue weighted by Gasteiger charge is -2.35. The molecule has 0 aromatic rings. The molecule has 0 radical (unpaired) electrons. The molecule has 1 saturated carbocycles. The molecule has 1 rings (SSSR count). The van der Waals surface area contributed by atoms with Crippen molar-refractivity contribution in [1.82, 2.24) is 0 Å². The van der Waals surface area contributed by atoms with Crippen molar-refractivity contribution in [3.05, 3.63) is 0 Å². The quantitative estimate of drug-likeness (QED) is 0.687. The van der Waals surface area contributed by atoms with Crippen LogP contribution in [0.3, 0.4) is 0 Å². The molecule has 0 saturated heterocycles. The summed E-state index contributed by atoms with van der Waals surface area (Å²) in [4.78, 5) is 10.9. The van der Waals surface area contributed by atoms with E-state index in [-0.39, 0.29) is 5.92 Å². The average Bonchev–Trinajstić information content (AvgIpc) is 2.04. The van der Waals surface area contributed by atoms with Crippen molar-refractivity contribution in [2.75, 3.05) is 0 Å². The van der Waals surface area contributed by atoms with Gasteiger partial charge in [-0.05, 0) is 31.6 Å². The highest BCUT2D eigenvalue weighted by Crippen LogP contribution is 2.34. The van der Waals surface area contributed by atoms with Crippen LogP contribution in [0.15, 0.2) is 0 Å². The fourth-order valence-corrected chi connectivity index (χ4v) is 2.15. The van der Waals surface area contributed by atoms with E-state index >= 15 is 0 Å². The number of nitrogens with two attached hydrogens (primary N) is 1. The number of hydrogen-bond donors (Lipinski definition) is 2. The van der Waals surface area contributed by atoms with Gasteiger partial charge in [0.25, 0.3) is 0 Å². The van der Waals surface area contributed by atoms with Gasteiger partial charge in [-0.3, -0.25) is 4.79 Å². The first-order valence-corrected chi connectivity index (χ1v) is 4.97. The lowest BCUT2D eigenvalue weighted by atomic mass is 9.73. The summed E-state index contributed by atoms with van der Waals surface area (Å²) in [6.45, 7) is 3.81. The minimum atomic E-state index is -1.03. The summed E-state index contributed by atoms with van der Waals surface area (Å²) >= 11 is 0. The molecule has 76 valence electrons. The molecule has 0 aliphatic heterocycles. The first-order chi connectivity index (χ1) is 5.94. The van der Waals surface area contributed by atoms with Gasteiger partial charge in [-0.1, -0.05) is 19.8 Å². The fourth-order valence-electron chi connectivity index (χ4n) is 2.15. The van der Waals surface area contributed by atoms with Crippen LogP contribution in [0.1, 0.15) is 39.5 Å². The van der Waals surface area contributed by atoms with Gasteiger partial charge >= 0.3 is 5.97 Å². The zero-order valence-corrected chi connectivity index (χ0v) is 8.42. The molecule has 1 fully saturated rings. The molecule has 0 amide bonds. The van der Waals surface area contributed by atoms with Gasteiger partial charge < -0.3 is 10.8 Å². The van der Waals surface area contributed by atoms with Crippen molar-refractivity contribution >= 4 is 5.97 Å². The van der Waals surface area contributed by atoms with Crippen molar-refractivity contribution in [2.45, 2.75) is 45.1 Å². The zero-order valence-electron chi connectivity index (χ0n) is 8.42. The van der Waals surface area contributed by atoms with Crippen molar-refractivity contribution in [1.29, 1.82) is 0 Å². The molecule has 0 spiro atoms. The topological polar surface area (TPSA) is 63.3 Å². The lowest BCUT2D eigenvalue weighted by Crippen LogP contribution is -2.52. The summed E-state index contributed by atoms with van der Waals surface area (Å²) in [5, 5.41) is 8.95. The van der Waals surface area contributed by atoms with Crippen LogP contribution < -0.4 is 5.73 Å². The third-order valence-electron chi connectivity index (χ3n) is 3.25. The Labute approximate surface area is 79.3 Å². The van der Waals surface area contributed by atoms with Crippen molar-refractivity contribution in [3.8, 4) is 0 Å². The fraction of sp³-hybridized carbons (Fsp3) is 0.900. The highest BCUT2D eigenvalue weighted by atomic mass is 16.4. The standard InChI is InChI=1S/C10H19NO2/c1-7-4-3-5-8(6-7)10(2,11)9(12)13/h7-8H,3-6,11H2,1-2H3,(H,12,13)/t7?,8?,10-/m1/s1. The van der Waals surface area contributed by atoms with E-state index in [4.69, 9.17) is 10.8 Å². The van der Waals surface area contributed by atoms with Crippen LogP contribution in [0.2, 0.25) is 0 Å². The van der Waals surface area contributed by atoms with Crippen LogP contribution in [0.25, 0.3) is 0 Å². The normalized spacial score (nSPS) is 33.8. The maximum atomic E-state index is 10.9. The number of aliphatic carboxylic acids is 1. The van der Waals surface area contributed by atoms with Crippen LogP contribution in [0.4, 0.5) is 0 Å². The minimum Gasteiger partial charge on any atom is -0.480 e. The van der Waals surface area contributed by atoms with E-state index in [9.17, 15) is 4.79 Å². The SMILES string of the molecule is CC1CCCC([C@@](C)(N)C(=O)O)C1. The van der Waals surface area contributed by atoms with Crippen LogP contribution in [-0.4, -0.2) is 16.6 Å².